The van der Waals surface area contributed by atoms with Crippen molar-refractivity contribution in [2.75, 3.05) is 30.9 Å². The zero-order valence-electron chi connectivity index (χ0n) is 23.6. The number of fused-ring (bicyclic) bond motifs is 2. The van der Waals surface area contributed by atoms with Crippen LogP contribution in [0.2, 0.25) is 0 Å². The number of methoxy groups -OCH3 is 1. The summed E-state index contributed by atoms with van der Waals surface area (Å²) in [7, 11) is 3.10. The van der Waals surface area contributed by atoms with Gasteiger partial charge in [-0.2, -0.15) is 0 Å². The van der Waals surface area contributed by atoms with E-state index in [1.807, 2.05) is 54.6 Å². The molecule has 1 aliphatic rings. The maximum absolute atomic E-state index is 14.1. The molecule has 0 saturated heterocycles. The Kier molecular flexibility index (Phi) is 8.58. The molecule has 4 rings (SSSR count). The Morgan fingerprint density at radius 2 is 1.90 bits per heavy atom. The molecule has 212 valence electrons. The molecule has 10 heteroatoms. The van der Waals surface area contributed by atoms with Gasteiger partial charge >= 0.3 is 6.09 Å². The predicted octanol–water partition coefficient (Wildman–Crippen LogP) is 5.31. The minimum atomic E-state index is -0.885. The first-order valence-electron chi connectivity index (χ1n) is 13.0. The number of para-hydroxylation sites is 2. The van der Waals surface area contributed by atoms with Crippen LogP contribution in [0.1, 0.15) is 33.3 Å². The van der Waals surface area contributed by atoms with Crippen LogP contribution >= 0.6 is 15.9 Å². The van der Waals surface area contributed by atoms with E-state index in [1.54, 1.807) is 39.7 Å². The Bertz CT molecular complexity index is 1440. The molecule has 2 N–H and O–H groups in total. The SMILES string of the molecule is COc1ccc2cc(Br)ccc2c1CN1C(=O)C(NC(=O)[C@H](C)N(C)C(=O)OC(C)(C)C)CNc2ccccc21. The topological polar surface area (TPSA) is 100 Å². The first kappa shape index (κ1) is 29.2. The number of likely N-dealkylation sites (N-methyl/N-ethyl adjacent to an activating group) is 1. The molecule has 0 spiro atoms. The number of halogens is 1. The van der Waals surface area contributed by atoms with Crippen LogP contribution in [0.25, 0.3) is 10.8 Å². The second-order valence-electron chi connectivity index (χ2n) is 10.8. The minimum absolute atomic E-state index is 0.181. The van der Waals surface area contributed by atoms with Crippen LogP contribution in [0.15, 0.2) is 59.1 Å². The Morgan fingerprint density at radius 1 is 1.18 bits per heavy atom. The summed E-state index contributed by atoms with van der Waals surface area (Å²) in [6.45, 7) is 7.28. The van der Waals surface area contributed by atoms with Gasteiger partial charge in [-0.25, -0.2) is 4.79 Å². The Labute approximate surface area is 242 Å². The molecule has 3 aromatic rings. The summed E-state index contributed by atoms with van der Waals surface area (Å²) in [5, 5.41) is 8.11. The molecule has 1 aliphatic heterocycles. The van der Waals surface area contributed by atoms with E-state index < -0.39 is 29.7 Å². The van der Waals surface area contributed by atoms with Crippen molar-refractivity contribution in [3.8, 4) is 5.75 Å². The number of carbonyl (C=O) groups excluding carboxylic acids is 3. The van der Waals surface area contributed by atoms with Gasteiger partial charge in [-0.3, -0.25) is 14.5 Å². The van der Waals surface area contributed by atoms with Gasteiger partial charge < -0.3 is 25.0 Å². The normalized spacial score (nSPS) is 15.9. The second kappa shape index (κ2) is 11.8. The van der Waals surface area contributed by atoms with E-state index in [4.69, 9.17) is 9.47 Å². The second-order valence-corrected chi connectivity index (χ2v) is 11.7. The number of hydrogen-bond acceptors (Lipinski definition) is 6. The fraction of sp³-hybridized carbons (Fsp3) is 0.367. The van der Waals surface area contributed by atoms with Gasteiger partial charge in [-0.05, 0) is 68.8 Å². The van der Waals surface area contributed by atoms with Crippen molar-refractivity contribution in [2.45, 2.75) is 51.9 Å². The van der Waals surface area contributed by atoms with Crippen LogP contribution in [-0.4, -0.2) is 61.2 Å². The standard InChI is InChI=1S/C30H35BrN4O5/c1-18(34(5)29(38)40-30(2,3)4)27(36)33-24-16-32-23-9-7-8-10-25(23)35(28(24)37)17-22-21-13-12-20(31)15-19(21)11-14-26(22)39-6/h7-15,18,24,32H,16-17H2,1-6H3,(H,33,36)/t18-,24?/m0/s1. The highest BCUT2D eigenvalue weighted by Crippen LogP contribution is 2.35. The Balaban J connectivity index is 1.64. The maximum atomic E-state index is 14.1. The van der Waals surface area contributed by atoms with Crippen molar-refractivity contribution in [2.24, 2.45) is 0 Å². The summed E-state index contributed by atoms with van der Waals surface area (Å²) in [4.78, 5) is 42.7. The van der Waals surface area contributed by atoms with Crippen LogP contribution in [0, 0.1) is 0 Å². The van der Waals surface area contributed by atoms with Crippen LogP contribution in [0.3, 0.4) is 0 Å². The molecular formula is C30H35BrN4O5. The largest absolute Gasteiger partial charge is 0.496 e. The summed E-state index contributed by atoms with van der Waals surface area (Å²) in [6, 6.07) is 15.6. The van der Waals surface area contributed by atoms with E-state index in [9.17, 15) is 14.4 Å². The first-order chi connectivity index (χ1) is 18.9. The number of amides is 3. The lowest BCUT2D eigenvalue weighted by atomic mass is 10.0. The van der Waals surface area contributed by atoms with Crippen molar-refractivity contribution >= 4 is 56.0 Å². The molecule has 0 aliphatic carbocycles. The first-order valence-corrected chi connectivity index (χ1v) is 13.8. The van der Waals surface area contributed by atoms with E-state index in [0.717, 1.165) is 26.5 Å². The van der Waals surface area contributed by atoms with Gasteiger partial charge in [0.25, 0.3) is 5.91 Å². The minimum Gasteiger partial charge on any atom is -0.496 e. The molecule has 3 aromatic carbocycles. The van der Waals surface area contributed by atoms with Crippen LogP contribution in [-0.2, 0) is 20.9 Å². The molecule has 0 fully saturated rings. The summed E-state index contributed by atoms with van der Waals surface area (Å²) in [5.41, 5.74) is 1.61. The number of rotatable bonds is 6. The number of benzene rings is 3. The third kappa shape index (κ3) is 6.33. The van der Waals surface area contributed by atoms with Gasteiger partial charge in [0.15, 0.2) is 0 Å². The molecule has 2 atom stereocenters. The van der Waals surface area contributed by atoms with Crippen molar-refractivity contribution in [1.29, 1.82) is 0 Å². The third-order valence-electron chi connectivity index (χ3n) is 6.80. The fourth-order valence-electron chi connectivity index (χ4n) is 4.56. The number of hydrogen-bond donors (Lipinski definition) is 2. The number of nitrogens with one attached hydrogen (secondary N) is 2. The van der Waals surface area contributed by atoms with Gasteiger partial charge in [0.1, 0.15) is 23.4 Å². The molecule has 40 heavy (non-hydrogen) atoms. The van der Waals surface area contributed by atoms with Crippen molar-refractivity contribution in [3.63, 3.8) is 0 Å². The summed E-state index contributed by atoms with van der Waals surface area (Å²) in [6.07, 6.45) is -0.621. The van der Waals surface area contributed by atoms with Gasteiger partial charge in [-0.15, -0.1) is 0 Å². The van der Waals surface area contributed by atoms with Gasteiger partial charge in [0.05, 0.1) is 25.0 Å². The predicted molar refractivity (Wildman–Crippen MR) is 160 cm³/mol. The highest BCUT2D eigenvalue weighted by atomic mass is 79.9. The van der Waals surface area contributed by atoms with E-state index in [-0.39, 0.29) is 19.0 Å². The quantitative estimate of drug-likeness (QED) is 0.392. The molecule has 1 unspecified atom stereocenters. The van der Waals surface area contributed by atoms with E-state index in [1.165, 1.54) is 11.9 Å². The molecule has 9 nitrogen and oxygen atoms in total. The Morgan fingerprint density at radius 3 is 2.60 bits per heavy atom. The molecule has 3 amide bonds. The molecule has 0 radical (unpaired) electrons. The summed E-state index contributed by atoms with van der Waals surface area (Å²) in [5.74, 6) is -0.0911. The number of carbonyl (C=O) groups is 3. The van der Waals surface area contributed by atoms with Crippen molar-refractivity contribution in [3.05, 3.63) is 64.6 Å². The van der Waals surface area contributed by atoms with Gasteiger partial charge in [0, 0.05) is 23.6 Å². The van der Waals surface area contributed by atoms with E-state index >= 15 is 0 Å². The highest BCUT2D eigenvalue weighted by Gasteiger charge is 2.35. The zero-order chi connectivity index (χ0) is 29.2. The maximum Gasteiger partial charge on any atom is 0.410 e. The average Bonchev–Trinajstić information content (AvgIpc) is 3.03. The van der Waals surface area contributed by atoms with E-state index in [2.05, 4.69) is 26.6 Å². The number of anilines is 2. The van der Waals surface area contributed by atoms with Crippen molar-refractivity contribution < 1.29 is 23.9 Å². The molecule has 0 bridgehead atoms. The molecular weight excluding hydrogens is 576 g/mol. The molecule has 1 heterocycles. The zero-order valence-corrected chi connectivity index (χ0v) is 25.2. The highest BCUT2D eigenvalue weighted by molar-refractivity contribution is 9.10. The lowest BCUT2D eigenvalue weighted by molar-refractivity contribution is -0.130. The smallest absolute Gasteiger partial charge is 0.410 e. The lowest BCUT2D eigenvalue weighted by Crippen LogP contribution is -2.55. The average molecular weight is 612 g/mol. The van der Waals surface area contributed by atoms with Crippen LogP contribution in [0.4, 0.5) is 16.2 Å². The van der Waals surface area contributed by atoms with Gasteiger partial charge in [0.2, 0.25) is 5.91 Å². The molecule has 0 aromatic heterocycles. The Hall–Kier alpha value is -3.79. The van der Waals surface area contributed by atoms with Crippen LogP contribution < -0.4 is 20.3 Å². The number of ether oxygens (including phenoxy) is 2. The fourth-order valence-corrected chi connectivity index (χ4v) is 4.94. The monoisotopic (exact) mass is 610 g/mol. The third-order valence-corrected chi connectivity index (χ3v) is 7.29. The lowest BCUT2D eigenvalue weighted by Gasteiger charge is -2.30. The van der Waals surface area contributed by atoms with Crippen molar-refractivity contribution in [1.82, 2.24) is 10.2 Å². The summed E-state index contributed by atoms with van der Waals surface area (Å²) >= 11 is 3.53. The van der Waals surface area contributed by atoms with Crippen LogP contribution in [0.5, 0.6) is 5.75 Å². The summed E-state index contributed by atoms with van der Waals surface area (Å²) < 4.78 is 12.0. The van der Waals surface area contributed by atoms with E-state index in [0.29, 0.717) is 11.4 Å². The molecule has 0 saturated carbocycles. The van der Waals surface area contributed by atoms with Gasteiger partial charge in [-0.1, -0.05) is 40.2 Å². The number of nitrogens with zero attached hydrogens (tertiary/aromatic N) is 2.